The van der Waals surface area contributed by atoms with Gasteiger partial charge in [-0.25, -0.2) is 4.68 Å². The van der Waals surface area contributed by atoms with E-state index >= 15 is 0 Å². The number of rotatable bonds is 4. The summed E-state index contributed by atoms with van der Waals surface area (Å²) < 4.78 is 7.34. The Bertz CT molecular complexity index is 696. The Morgan fingerprint density at radius 1 is 1.33 bits per heavy atom. The van der Waals surface area contributed by atoms with Crippen LogP contribution in [-0.2, 0) is 13.0 Å². The first-order valence-electron chi connectivity index (χ1n) is 7.36. The van der Waals surface area contributed by atoms with E-state index in [9.17, 15) is 4.79 Å². The predicted octanol–water partition coefficient (Wildman–Crippen LogP) is 1.82. The summed E-state index contributed by atoms with van der Waals surface area (Å²) >= 11 is 0. The normalized spacial score (nSPS) is 19.9. The van der Waals surface area contributed by atoms with Crippen LogP contribution in [0.1, 0.15) is 18.4 Å². The smallest absolute Gasteiger partial charge is 0.268 e. The number of anilines is 1. The standard InChI is InChI=1S/C16H17N3O2/c20-16-8-13(18-12-5-6-12)9-17-19(16)10-14-7-11-3-1-2-4-15(11)21-14/h1-4,8-9,12,14,18H,5-7,10H2. The zero-order valence-corrected chi connectivity index (χ0v) is 11.7. The highest BCUT2D eigenvalue weighted by Crippen LogP contribution is 2.28. The average molecular weight is 283 g/mol. The zero-order valence-electron chi connectivity index (χ0n) is 11.7. The number of fused-ring (bicyclic) bond motifs is 1. The fraction of sp³-hybridized carbons (Fsp3) is 0.375. The lowest BCUT2D eigenvalue weighted by Crippen LogP contribution is -2.30. The quantitative estimate of drug-likeness (QED) is 0.930. The van der Waals surface area contributed by atoms with Crippen LogP contribution in [0.3, 0.4) is 0 Å². The molecule has 1 N–H and O–H groups in total. The average Bonchev–Trinajstić information content (AvgIpc) is 3.18. The Labute approximate surface area is 122 Å². The maximum absolute atomic E-state index is 12.1. The fourth-order valence-electron chi connectivity index (χ4n) is 2.66. The third kappa shape index (κ3) is 2.63. The Morgan fingerprint density at radius 3 is 2.95 bits per heavy atom. The van der Waals surface area contributed by atoms with Gasteiger partial charge in [-0.15, -0.1) is 0 Å². The van der Waals surface area contributed by atoms with E-state index in [0.717, 1.165) is 17.9 Å². The second-order valence-electron chi connectivity index (χ2n) is 5.73. The second kappa shape index (κ2) is 4.91. The summed E-state index contributed by atoms with van der Waals surface area (Å²) in [5, 5.41) is 7.53. The van der Waals surface area contributed by atoms with E-state index in [1.54, 1.807) is 12.3 Å². The predicted molar refractivity (Wildman–Crippen MR) is 79.7 cm³/mol. The molecule has 0 bridgehead atoms. The maximum atomic E-state index is 12.1. The van der Waals surface area contributed by atoms with Crippen molar-refractivity contribution >= 4 is 5.69 Å². The highest BCUT2D eigenvalue weighted by molar-refractivity contribution is 5.41. The number of para-hydroxylation sites is 1. The van der Waals surface area contributed by atoms with Gasteiger partial charge in [-0.3, -0.25) is 4.79 Å². The molecule has 2 aromatic rings. The topological polar surface area (TPSA) is 56.2 Å². The van der Waals surface area contributed by atoms with Crippen LogP contribution in [0.5, 0.6) is 5.75 Å². The van der Waals surface area contributed by atoms with E-state index in [1.807, 2.05) is 18.2 Å². The molecule has 2 heterocycles. The van der Waals surface area contributed by atoms with Gasteiger partial charge in [0, 0.05) is 18.5 Å². The molecule has 0 saturated heterocycles. The molecule has 108 valence electrons. The van der Waals surface area contributed by atoms with Gasteiger partial charge in [0.15, 0.2) is 0 Å². The second-order valence-corrected chi connectivity index (χ2v) is 5.73. The van der Waals surface area contributed by atoms with Crippen molar-refractivity contribution in [1.82, 2.24) is 9.78 Å². The van der Waals surface area contributed by atoms with Gasteiger partial charge in [0.2, 0.25) is 0 Å². The zero-order chi connectivity index (χ0) is 14.2. The Balaban J connectivity index is 1.47. The molecule has 1 aromatic carbocycles. The van der Waals surface area contributed by atoms with E-state index in [2.05, 4.69) is 16.5 Å². The summed E-state index contributed by atoms with van der Waals surface area (Å²) in [4.78, 5) is 12.1. The molecule has 2 aliphatic rings. The van der Waals surface area contributed by atoms with Crippen molar-refractivity contribution < 1.29 is 4.74 Å². The lowest BCUT2D eigenvalue weighted by Gasteiger charge is -2.12. The first kappa shape index (κ1) is 12.4. The first-order chi connectivity index (χ1) is 10.3. The van der Waals surface area contributed by atoms with Crippen molar-refractivity contribution in [2.24, 2.45) is 0 Å². The molecule has 1 aromatic heterocycles. The number of nitrogens with zero attached hydrogens (tertiary/aromatic N) is 2. The van der Waals surface area contributed by atoms with Crippen LogP contribution in [0.4, 0.5) is 5.69 Å². The van der Waals surface area contributed by atoms with Crippen molar-refractivity contribution in [3.8, 4) is 5.75 Å². The molecule has 0 spiro atoms. The third-order valence-corrected chi connectivity index (χ3v) is 3.91. The van der Waals surface area contributed by atoms with Crippen molar-refractivity contribution in [3.63, 3.8) is 0 Å². The van der Waals surface area contributed by atoms with Crippen LogP contribution in [0.25, 0.3) is 0 Å². The molecule has 1 aliphatic carbocycles. The lowest BCUT2D eigenvalue weighted by molar-refractivity contribution is 0.200. The van der Waals surface area contributed by atoms with Gasteiger partial charge in [0.25, 0.3) is 5.56 Å². The van der Waals surface area contributed by atoms with Gasteiger partial charge in [0.1, 0.15) is 11.9 Å². The lowest BCUT2D eigenvalue weighted by atomic mass is 10.1. The number of nitrogens with one attached hydrogen (secondary N) is 1. The monoisotopic (exact) mass is 283 g/mol. The van der Waals surface area contributed by atoms with Crippen LogP contribution < -0.4 is 15.6 Å². The summed E-state index contributed by atoms with van der Waals surface area (Å²) in [7, 11) is 0. The van der Waals surface area contributed by atoms with Gasteiger partial charge < -0.3 is 10.1 Å². The summed E-state index contributed by atoms with van der Waals surface area (Å²) in [5.74, 6) is 0.919. The molecule has 0 amide bonds. The van der Waals surface area contributed by atoms with E-state index in [0.29, 0.717) is 12.6 Å². The molecule has 1 unspecified atom stereocenters. The van der Waals surface area contributed by atoms with Crippen LogP contribution in [0.2, 0.25) is 0 Å². The molecule has 1 aliphatic heterocycles. The SMILES string of the molecule is O=c1cc(NC2CC2)cnn1CC1Cc2ccccc2O1. The van der Waals surface area contributed by atoms with E-state index in [4.69, 9.17) is 4.74 Å². The molecule has 1 atom stereocenters. The number of hydrogen-bond acceptors (Lipinski definition) is 4. The Hall–Kier alpha value is -2.30. The minimum Gasteiger partial charge on any atom is -0.488 e. The van der Waals surface area contributed by atoms with Gasteiger partial charge in [0.05, 0.1) is 18.4 Å². The molecule has 4 rings (SSSR count). The van der Waals surface area contributed by atoms with Crippen LogP contribution in [0.15, 0.2) is 41.3 Å². The fourth-order valence-corrected chi connectivity index (χ4v) is 2.66. The maximum Gasteiger partial charge on any atom is 0.268 e. The molecular weight excluding hydrogens is 266 g/mol. The molecule has 1 saturated carbocycles. The van der Waals surface area contributed by atoms with Crippen molar-refractivity contribution in [1.29, 1.82) is 0 Å². The van der Waals surface area contributed by atoms with E-state index in [1.165, 1.54) is 23.1 Å². The molecule has 0 radical (unpaired) electrons. The third-order valence-electron chi connectivity index (χ3n) is 3.91. The number of aromatic nitrogens is 2. The summed E-state index contributed by atoms with van der Waals surface area (Å²) in [6.07, 6.45) is 4.89. The molecule has 5 heteroatoms. The molecule has 21 heavy (non-hydrogen) atoms. The summed E-state index contributed by atoms with van der Waals surface area (Å²) in [6, 6.07) is 10.1. The number of hydrogen-bond donors (Lipinski definition) is 1. The van der Waals surface area contributed by atoms with Crippen molar-refractivity contribution in [2.45, 2.75) is 38.0 Å². The highest BCUT2D eigenvalue weighted by atomic mass is 16.5. The summed E-state index contributed by atoms with van der Waals surface area (Å²) in [6.45, 7) is 0.483. The van der Waals surface area contributed by atoms with Gasteiger partial charge in [-0.1, -0.05) is 18.2 Å². The number of ether oxygens (including phenoxy) is 1. The summed E-state index contributed by atoms with van der Waals surface area (Å²) in [5.41, 5.74) is 1.93. The van der Waals surface area contributed by atoms with Gasteiger partial charge >= 0.3 is 0 Å². The van der Waals surface area contributed by atoms with E-state index < -0.39 is 0 Å². The Morgan fingerprint density at radius 2 is 2.19 bits per heavy atom. The Kier molecular flexibility index (Phi) is 2.91. The van der Waals surface area contributed by atoms with Crippen molar-refractivity contribution in [2.75, 3.05) is 5.32 Å². The van der Waals surface area contributed by atoms with Crippen molar-refractivity contribution in [3.05, 3.63) is 52.4 Å². The highest BCUT2D eigenvalue weighted by Gasteiger charge is 2.24. The number of benzene rings is 1. The minimum absolute atomic E-state index is 0.0187. The van der Waals surface area contributed by atoms with Crippen LogP contribution >= 0.6 is 0 Å². The van der Waals surface area contributed by atoms with Crippen LogP contribution in [0, 0.1) is 0 Å². The molecular formula is C16H17N3O2. The molecule has 1 fully saturated rings. The largest absolute Gasteiger partial charge is 0.488 e. The van der Waals surface area contributed by atoms with Crippen LogP contribution in [-0.4, -0.2) is 21.9 Å². The van der Waals surface area contributed by atoms with E-state index in [-0.39, 0.29) is 11.7 Å². The van der Waals surface area contributed by atoms with Gasteiger partial charge in [-0.05, 0) is 24.5 Å². The van der Waals surface area contributed by atoms with Gasteiger partial charge in [-0.2, -0.15) is 5.10 Å². The minimum atomic E-state index is -0.0831. The molecule has 5 nitrogen and oxygen atoms in total. The first-order valence-corrected chi connectivity index (χ1v) is 7.36.